The summed E-state index contributed by atoms with van der Waals surface area (Å²) in [5.41, 5.74) is 0. The minimum Gasteiger partial charge on any atom is -0.293 e. The molecule has 0 aliphatic rings. The van der Waals surface area contributed by atoms with Gasteiger partial charge in [-0.15, -0.1) is 11.3 Å². The van der Waals surface area contributed by atoms with Crippen molar-refractivity contribution in [3.8, 4) is 0 Å². The van der Waals surface area contributed by atoms with E-state index in [1.54, 1.807) is 6.07 Å². The van der Waals surface area contributed by atoms with Crippen LogP contribution in [0.5, 0.6) is 0 Å². The number of hydrogen-bond donors (Lipinski definition) is 0. The number of Topliss-reactive ketones (excluding diaryl/α,β-unsaturated/α-hetero) is 1. The zero-order chi connectivity index (χ0) is 11.9. The molecular formula is C12H10ClFOS. The fourth-order valence-electron chi connectivity index (χ4n) is 1.46. The van der Waals surface area contributed by atoms with E-state index in [4.69, 9.17) is 11.6 Å². The van der Waals surface area contributed by atoms with E-state index in [0.717, 1.165) is 5.39 Å². The quantitative estimate of drug-likeness (QED) is 0.722. The Morgan fingerprint density at radius 1 is 1.44 bits per heavy atom. The van der Waals surface area contributed by atoms with Crippen molar-refractivity contribution in [3.63, 3.8) is 0 Å². The molecule has 1 nitrogen and oxygen atoms in total. The third-order valence-corrected chi connectivity index (χ3v) is 4.01. The smallest absolute Gasteiger partial charge is 0.176 e. The van der Waals surface area contributed by atoms with E-state index in [1.165, 1.54) is 23.5 Å². The van der Waals surface area contributed by atoms with Gasteiger partial charge in [-0.3, -0.25) is 4.79 Å². The Kier molecular flexibility index (Phi) is 3.00. The van der Waals surface area contributed by atoms with Gasteiger partial charge in [-0.05, 0) is 18.2 Å². The number of fused-ring (bicyclic) bond motifs is 1. The molecule has 0 radical (unpaired) electrons. The summed E-state index contributed by atoms with van der Waals surface area (Å²) in [6.07, 6.45) is 0. The topological polar surface area (TPSA) is 17.1 Å². The monoisotopic (exact) mass is 256 g/mol. The van der Waals surface area contributed by atoms with Crippen LogP contribution in [-0.2, 0) is 0 Å². The molecular weight excluding hydrogens is 247 g/mol. The van der Waals surface area contributed by atoms with Crippen LogP contribution in [0.4, 0.5) is 4.39 Å². The van der Waals surface area contributed by atoms with Gasteiger partial charge < -0.3 is 0 Å². The molecule has 0 atom stereocenters. The number of halogens is 2. The van der Waals surface area contributed by atoms with E-state index in [1.807, 2.05) is 13.8 Å². The molecule has 2 aromatic rings. The van der Waals surface area contributed by atoms with Gasteiger partial charge in [0.1, 0.15) is 5.82 Å². The van der Waals surface area contributed by atoms with Crippen molar-refractivity contribution in [2.24, 2.45) is 5.92 Å². The van der Waals surface area contributed by atoms with Gasteiger partial charge in [-0.25, -0.2) is 4.39 Å². The second-order valence-electron chi connectivity index (χ2n) is 3.90. The predicted octanol–water partition coefficient (Wildman–Crippen LogP) is 4.53. The lowest BCUT2D eigenvalue weighted by Crippen LogP contribution is -2.05. The Morgan fingerprint density at radius 3 is 2.75 bits per heavy atom. The molecule has 1 aromatic heterocycles. The lowest BCUT2D eigenvalue weighted by atomic mass is 10.1. The average Bonchev–Trinajstić information content (AvgIpc) is 2.54. The van der Waals surface area contributed by atoms with Gasteiger partial charge in [0, 0.05) is 16.0 Å². The van der Waals surface area contributed by atoms with E-state index in [-0.39, 0.29) is 17.5 Å². The van der Waals surface area contributed by atoms with Crippen molar-refractivity contribution < 1.29 is 9.18 Å². The summed E-state index contributed by atoms with van der Waals surface area (Å²) < 4.78 is 13.7. The fraction of sp³-hybridized carbons (Fsp3) is 0.250. The molecule has 0 aliphatic heterocycles. The van der Waals surface area contributed by atoms with Gasteiger partial charge in [0.2, 0.25) is 0 Å². The van der Waals surface area contributed by atoms with Crippen LogP contribution in [0.25, 0.3) is 10.1 Å². The Balaban J connectivity index is 2.64. The number of ketones is 1. The zero-order valence-corrected chi connectivity index (χ0v) is 10.5. The molecule has 0 unspecified atom stereocenters. The molecule has 0 N–H and O–H groups in total. The van der Waals surface area contributed by atoms with E-state index in [0.29, 0.717) is 14.6 Å². The van der Waals surface area contributed by atoms with Gasteiger partial charge in [0.05, 0.1) is 9.90 Å². The van der Waals surface area contributed by atoms with Gasteiger partial charge >= 0.3 is 0 Å². The number of rotatable bonds is 2. The van der Waals surface area contributed by atoms with Crippen LogP contribution in [-0.4, -0.2) is 5.78 Å². The summed E-state index contributed by atoms with van der Waals surface area (Å²) in [4.78, 5) is 12.4. The highest BCUT2D eigenvalue weighted by molar-refractivity contribution is 7.21. The van der Waals surface area contributed by atoms with Crippen molar-refractivity contribution in [2.45, 2.75) is 13.8 Å². The van der Waals surface area contributed by atoms with E-state index in [9.17, 15) is 9.18 Å². The standard InChI is InChI=1S/C12H10ClFOS/c1-6(2)11(15)12-10(13)8-4-3-7(14)5-9(8)16-12/h3-6H,1-2H3. The average molecular weight is 257 g/mol. The first-order chi connectivity index (χ1) is 7.50. The third kappa shape index (κ3) is 1.85. The third-order valence-electron chi connectivity index (χ3n) is 2.34. The fourth-order valence-corrected chi connectivity index (χ4v) is 3.10. The lowest BCUT2D eigenvalue weighted by Gasteiger charge is -2.00. The second kappa shape index (κ2) is 4.15. The molecule has 1 aromatic carbocycles. The SMILES string of the molecule is CC(C)C(=O)c1sc2cc(F)ccc2c1Cl. The number of benzene rings is 1. The predicted molar refractivity (Wildman–Crippen MR) is 66.0 cm³/mol. The van der Waals surface area contributed by atoms with Crippen LogP contribution in [0.1, 0.15) is 23.5 Å². The molecule has 0 saturated heterocycles. The van der Waals surface area contributed by atoms with Gasteiger partial charge in [-0.2, -0.15) is 0 Å². The highest BCUT2D eigenvalue weighted by atomic mass is 35.5. The highest BCUT2D eigenvalue weighted by Gasteiger charge is 2.19. The Labute approximate surface area is 102 Å². The maximum absolute atomic E-state index is 13.0. The van der Waals surface area contributed by atoms with E-state index in [2.05, 4.69) is 0 Å². The summed E-state index contributed by atoms with van der Waals surface area (Å²) in [6.45, 7) is 3.65. The highest BCUT2D eigenvalue weighted by Crippen LogP contribution is 2.36. The molecule has 1 heterocycles. The maximum Gasteiger partial charge on any atom is 0.176 e. The van der Waals surface area contributed by atoms with Crippen molar-refractivity contribution in [1.29, 1.82) is 0 Å². The van der Waals surface area contributed by atoms with Gasteiger partial charge in [0.15, 0.2) is 5.78 Å². The minimum absolute atomic E-state index is 0.00612. The van der Waals surface area contributed by atoms with Crippen LogP contribution < -0.4 is 0 Å². The van der Waals surface area contributed by atoms with Crippen molar-refractivity contribution >= 4 is 38.8 Å². The molecule has 0 aliphatic carbocycles. The van der Waals surface area contributed by atoms with Crippen molar-refractivity contribution in [1.82, 2.24) is 0 Å². The molecule has 0 amide bonds. The zero-order valence-electron chi connectivity index (χ0n) is 8.88. The normalized spacial score (nSPS) is 11.3. The van der Waals surface area contributed by atoms with Crippen LogP contribution in [0.3, 0.4) is 0 Å². The number of carbonyl (C=O) groups excluding carboxylic acids is 1. The van der Waals surface area contributed by atoms with E-state index < -0.39 is 0 Å². The molecule has 0 spiro atoms. The first kappa shape index (κ1) is 11.6. The second-order valence-corrected chi connectivity index (χ2v) is 5.33. The molecule has 4 heteroatoms. The maximum atomic E-state index is 13.0. The van der Waals surface area contributed by atoms with Crippen LogP contribution in [0.15, 0.2) is 18.2 Å². The molecule has 16 heavy (non-hydrogen) atoms. The molecule has 2 rings (SSSR count). The summed E-state index contributed by atoms with van der Waals surface area (Å²) in [5.74, 6) is -0.407. The molecule has 84 valence electrons. The summed E-state index contributed by atoms with van der Waals surface area (Å²) in [7, 11) is 0. The summed E-state index contributed by atoms with van der Waals surface area (Å²) >= 11 is 7.37. The Bertz CT molecular complexity index is 559. The number of carbonyl (C=O) groups is 1. The first-order valence-corrected chi connectivity index (χ1v) is 6.12. The Hall–Kier alpha value is -0.930. The summed E-state index contributed by atoms with van der Waals surface area (Å²) in [5, 5.41) is 1.19. The van der Waals surface area contributed by atoms with Crippen LogP contribution in [0, 0.1) is 11.7 Å². The van der Waals surface area contributed by atoms with Gasteiger partial charge in [-0.1, -0.05) is 25.4 Å². The minimum atomic E-state index is -0.311. The van der Waals surface area contributed by atoms with Crippen molar-refractivity contribution in [2.75, 3.05) is 0 Å². The molecule has 0 fully saturated rings. The Morgan fingerprint density at radius 2 is 2.12 bits per heavy atom. The van der Waals surface area contributed by atoms with Gasteiger partial charge in [0.25, 0.3) is 0 Å². The largest absolute Gasteiger partial charge is 0.293 e. The summed E-state index contributed by atoms with van der Waals surface area (Å²) in [6, 6.07) is 4.37. The number of hydrogen-bond acceptors (Lipinski definition) is 2. The first-order valence-electron chi connectivity index (χ1n) is 4.92. The van der Waals surface area contributed by atoms with Crippen LogP contribution >= 0.6 is 22.9 Å². The number of thiophene rings is 1. The lowest BCUT2D eigenvalue weighted by molar-refractivity contribution is 0.0943. The molecule has 0 bridgehead atoms. The van der Waals surface area contributed by atoms with Crippen LogP contribution in [0.2, 0.25) is 5.02 Å². The van der Waals surface area contributed by atoms with Crippen molar-refractivity contribution in [3.05, 3.63) is 33.9 Å². The molecule has 0 saturated carbocycles. The van der Waals surface area contributed by atoms with E-state index >= 15 is 0 Å².